The first-order valence-corrected chi connectivity index (χ1v) is 19.3. The van der Waals surface area contributed by atoms with Gasteiger partial charge in [0.1, 0.15) is 11.2 Å². The van der Waals surface area contributed by atoms with Gasteiger partial charge in [0.2, 0.25) is 0 Å². The molecule has 0 spiro atoms. The third-order valence-electron chi connectivity index (χ3n) is 12.9. The van der Waals surface area contributed by atoms with Crippen LogP contribution in [0, 0.1) is 0 Å². The second kappa shape index (κ2) is 10.3. The molecule has 8 aromatic carbocycles. The number of furan rings is 1. The van der Waals surface area contributed by atoms with E-state index in [0.717, 1.165) is 87.6 Å². The van der Waals surface area contributed by atoms with E-state index in [-0.39, 0.29) is 11.0 Å². The van der Waals surface area contributed by atoms with Gasteiger partial charge in [0.05, 0.1) is 27.5 Å². The molecule has 4 heteroatoms. The van der Waals surface area contributed by atoms with E-state index in [2.05, 4.69) is 152 Å². The quantitative estimate of drug-likeness (QED) is 0.167. The molecule has 262 valence electrons. The zero-order valence-corrected chi connectivity index (χ0v) is 30.7. The molecule has 0 aliphatic heterocycles. The number of hydrogen-bond donors (Lipinski definition) is 0. The summed E-state index contributed by atoms with van der Waals surface area (Å²) in [5.74, 6) is 0. The fourth-order valence-corrected chi connectivity index (χ4v) is 10.3. The molecule has 1 aliphatic carbocycles. The molecule has 56 heavy (non-hydrogen) atoms. The van der Waals surface area contributed by atoms with E-state index in [4.69, 9.17) is 4.42 Å². The van der Waals surface area contributed by atoms with Gasteiger partial charge in [-0.1, -0.05) is 111 Å². The van der Waals surface area contributed by atoms with E-state index >= 15 is 0 Å². The van der Waals surface area contributed by atoms with Crippen LogP contribution in [0.1, 0.15) is 25.0 Å². The van der Waals surface area contributed by atoms with Crippen molar-refractivity contribution in [3.05, 3.63) is 179 Å². The molecule has 4 aromatic heterocycles. The Balaban J connectivity index is 0.962. The Hall–Kier alpha value is -7.17. The molecule has 0 radical (unpaired) electrons. The highest BCUT2D eigenvalue weighted by molar-refractivity contribution is 6.24. The van der Waals surface area contributed by atoms with Crippen molar-refractivity contribution in [3.8, 4) is 27.9 Å². The van der Waals surface area contributed by atoms with Crippen molar-refractivity contribution in [1.29, 1.82) is 0 Å². The van der Waals surface area contributed by atoms with Crippen LogP contribution in [0.25, 0.3) is 110 Å². The van der Waals surface area contributed by atoms with Crippen LogP contribution in [-0.2, 0) is 5.41 Å². The Morgan fingerprint density at radius 2 is 1.12 bits per heavy atom. The molecule has 13 rings (SSSR count). The van der Waals surface area contributed by atoms with Crippen molar-refractivity contribution < 1.29 is 4.42 Å². The van der Waals surface area contributed by atoms with Crippen LogP contribution in [0.2, 0.25) is 0 Å². The monoisotopic (exact) mass is 716 g/mol. The van der Waals surface area contributed by atoms with Crippen molar-refractivity contribution in [1.82, 2.24) is 8.97 Å². The van der Waals surface area contributed by atoms with Gasteiger partial charge in [-0.05, 0) is 99.4 Å². The standard InChI is InChI=1S/C52H32N2O2/c1-52(2)42-27-30(29-19-24-45-41(26-29)37-15-9-14-36-32-10-3-4-12-39(32)51(55)54(45)49(36)37)18-21-33(42)34-22-20-31(28-43(34)52)53-44-16-7-5-13-40(44)48-46(53)25-23-38-35-11-6-8-17-47(35)56-50(38)48/h3-28H,1-2H3. The highest BCUT2D eigenvalue weighted by Gasteiger charge is 2.36. The zero-order chi connectivity index (χ0) is 37.0. The Morgan fingerprint density at radius 1 is 0.482 bits per heavy atom. The Bertz CT molecular complexity index is 3760. The summed E-state index contributed by atoms with van der Waals surface area (Å²) in [6.45, 7) is 4.71. The lowest BCUT2D eigenvalue weighted by atomic mass is 9.81. The molecule has 0 bridgehead atoms. The van der Waals surface area contributed by atoms with E-state index in [9.17, 15) is 4.79 Å². The molecule has 4 nitrogen and oxygen atoms in total. The van der Waals surface area contributed by atoms with Crippen molar-refractivity contribution >= 4 is 81.7 Å². The second-order valence-corrected chi connectivity index (χ2v) is 16.0. The number of fused-ring (bicyclic) bond motifs is 15. The number of para-hydroxylation sites is 3. The van der Waals surface area contributed by atoms with Gasteiger partial charge in [0.25, 0.3) is 5.56 Å². The van der Waals surface area contributed by atoms with E-state index in [1.807, 2.05) is 28.7 Å². The predicted molar refractivity (Wildman–Crippen MR) is 232 cm³/mol. The first-order valence-electron chi connectivity index (χ1n) is 19.3. The lowest BCUT2D eigenvalue weighted by Gasteiger charge is -2.23. The first kappa shape index (κ1) is 30.2. The SMILES string of the molecule is CC1(C)c2cc(-c3ccc4c(c3)c3cccc5c6ccccc6c(=O)n4c53)ccc2-c2ccc(-n3c4ccccc4c4c5oc6ccccc6c5ccc43)cc21. The highest BCUT2D eigenvalue weighted by atomic mass is 16.3. The zero-order valence-electron chi connectivity index (χ0n) is 30.7. The summed E-state index contributed by atoms with van der Waals surface area (Å²) in [7, 11) is 0. The number of hydrogen-bond acceptors (Lipinski definition) is 2. The summed E-state index contributed by atoms with van der Waals surface area (Å²) in [6.07, 6.45) is 0. The minimum Gasteiger partial charge on any atom is -0.455 e. The van der Waals surface area contributed by atoms with Gasteiger partial charge in [0, 0.05) is 48.8 Å². The molecule has 0 fully saturated rings. The molecule has 0 saturated carbocycles. The van der Waals surface area contributed by atoms with Gasteiger partial charge in [-0.25, -0.2) is 0 Å². The maximum atomic E-state index is 13.9. The van der Waals surface area contributed by atoms with Gasteiger partial charge in [-0.3, -0.25) is 9.20 Å². The molecule has 0 atom stereocenters. The summed E-state index contributed by atoms with van der Waals surface area (Å²) in [5, 5.41) is 9.68. The van der Waals surface area contributed by atoms with E-state index < -0.39 is 0 Å². The highest BCUT2D eigenvalue weighted by Crippen LogP contribution is 2.51. The third-order valence-corrected chi connectivity index (χ3v) is 12.9. The van der Waals surface area contributed by atoms with Crippen LogP contribution < -0.4 is 5.56 Å². The molecule has 0 unspecified atom stereocenters. The maximum absolute atomic E-state index is 13.9. The molecule has 0 saturated heterocycles. The van der Waals surface area contributed by atoms with Crippen LogP contribution >= 0.6 is 0 Å². The number of nitrogens with zero attached hydrogens (tertiary/aromatic N) is 2. The summed E-state index contributed by atoms with van der Waals surface area (Å²) >= 11 is 0. The van der Waals surface area contributed by atoms with Crippen LogP contribution in [0.5, 0.6) is 0 Å². The molecule has 4 heterocycles. The normalized spacial score (nSPS) is 13.8. The van der Waals surface area contributed by atoms with Crippen molar-refractivity contribution in [2.24, 2.45) is 0 Å². The van der Waals surface area contributed by atoms with Gasteiger partial charge in [0.15, 0.2) is 0 Å². The summed E-state index contributed by atoms with van der Waals surface area (Å²) < 4.78 is 10.9. The smallest absolute Gasteiger partial charge is 0.263 e. The fraction of sp³-hybridized carbons (Fsp3) is 0.0577. The van der Waals surface area contributed by atoms with E-state index in [0.29, 0.717) is 0 Å². The largest absolute Gasteiger partial charge is 0.455 e. The van der Waals surface area contributed by atoms with Crippen LogP contribution in [0.3, 0.4) is 0 Å². The van der Waals surface area contributed by atoms with E-state index in [1.165, 1.54) is 33.2 Å². The van der Waals surface area contributed by atoms with E-state index in [1.54, 1.807) is 0 Å². The topological polar surface area (TPSA) is 39.5 Å². The average molecular weight is 717 g/mol. The van der Waals surface area contributed by atoms with Crippen LogP contribution in [0.4, 0.5) is 0 Å². The number of rotatable bonds is 2. The molecule has 0 N–H and O–H groups in total. The molecule has 0 amide bonds. The van der Waals surface area contributed by atoms with Crippen molar-refractivity contribution in [2.75, 3.05) is 0 Å². The lowest BCUT2D eigenvalue weighted by Crippen LogP contribution is -2.15. The summed E-state index contributed by atoms with van der Waals surface area (Å²) in [6, 6.07) is 56.3. The average Bonchev–Trinajstić information content (AvgIpc) is 3.95. The molecular weight excluding hydrogens is 685 g/mol. The summed E-state index contributed by atoms with van der Waals surface area (Å²) in [4.78, 5) is 13.9. The molecular formula is C52H32N2O2. The van der Waals surface area contributed by atoms with Crippen LogP contribution in [-0.4, -0.2) is 8.97 Å². The third kappa shape index (κ3) is 3.66. The minimum absolute atomic E-state index is 0.0344. The number of benzene rings is 8. The minimum atomic E-state index is -0.229. The predicted octanol–water partition coefficient (Wildman–Crippen LogP) is 13.2. The van der Waals surface area contributed by atoms with Gasteiger partial charge in [-0.2, -0.15) is 0 Å². The number of aromatic nitrogens is 2. The maximum Gasteiger partial charge on any atom is 0.263 e. The Kier molecular flexibility index (Phi) is 5.56. The summed E-state index contributed by atoms with van der Waals surface area (Å²) in [5.41, 5.74) is 14.6. The second-order valence-electron chi connectivity index (χ2n) is 16.0. The van der Waals surface area contributed by atoms with Gasteiger partial charge in [-0.15, -0.1) is 0 Å². The fourth-order valence-electron chi connectivity index (χ4n) is 10.3. The lowest BCUT2D eigenvalue weighted by molar-refractivity contribution is 0.660. The van der Waals surface area contributed by atoms with Gasteiger partial charge >= 0.3 is 0 Å². The van der Waals surface area contributed by atoms with Crippen molar-refractivity contribution in [3.63, 3.8) is 0 Å². The first-order chi connectivity index (χ1) is 27.5. The van der Waals surface area contributed by atoms with Crippen LogP contribution in [0.15, 0.2) is 167 Å². The van der Waals surface area contributed by atoms with Crippen molar-refractivity contribution in [2.45, 2.75) is 19.3 Å². The van der Waals surface area contributed by atoms with Gasteiger partial charge < -0.3 is 8.98 Å². The number of pyridine rings is 1. The molecule has 12 aromatic rings. The Labute approximate surface area is 320 Å². The molecule has 1 aliphatic rings. The Morgan fingerprint density at radius 3 is 1.98 bits per heavy atom.